The van der Waals surface area contributed by atoms with E-state index in [1.54, 1.807) is 24.4 Å². The van der Waals surface area contributed by atoms with Crippen molar-refractivity contribution in [3.63, 3.8) is 0 Å². The Bertz CT molecular complexity index is 759. The molecule has 0 saturated heterocycles. The Morgan fingerprint density at radius 1 is 1.28 bits per heavy atom. The lowest BCUT2D eigenvalue weighted by Gasteiger charge is -2.36. The highest BCUT2D eigenvalue weighted by molar-refractivity contribution is 5.96. The second kappa shape index (κ2) is 6.72. The molecule has 2 aliphatic rings. The normalized spacial score (nSPS) is 20.8. The maximum Gasteiger partial charge on any atom is 0.231 e. The minimum Gasteiger partial charge on any atom is -0.454 e. The molecule has 1 amide bonds. The van der Waals surface area contributed by atoms with Gasteiger partial charge in [-0.25, -0.2) is 0 Å². The maximum absolute atomic E-state index is 13.1. The van der Waals surface area contributed by atoms with Gasteiger partial charge in [-0.2, -0.15) is 0 Å². The number of ether oxygens (including phenoxy) is 3. The van der Waals surface area contributed by atoms with E-state index < -0.39 is 0 Å². The quantitative estimate of drug-likeness (QED) is 0.837. The summed E-state index contributed by atoms with van der Waals surface area (Å²) in [6.45, 7) is 0.688. The summed E-state index contributed by atoms with van der Waals surface area (Å²) in [6.07, 6.45) is 5.23. The molecule has 130 valence electrons. The second-order valence-corrected chi connectivity index (χ2v) is 6.35. The molecule has 0 atom stereocenters. The van der Waals surface area contributed by atoms with E-state index in [2.05, 4.69) is 4.98 Å². The van der Waals surface area contributed by atoms with E-state index in [-0.39, 0.29) is 24.7 Å². The van der Waals surface area contributed by atoms with Gasteiger partial charge in [-0.3, -0.25) is 9.78 Å². The van der Waals surface area contributed by atoms with Gasteiger partial charge in [0.2, 0.25) is 12.7 Å². The van der Waals surface area contributed by atoms with Gasteiger partial charge >= 0.3 is 0 Å². The molecule has 4 rings (SSSR count). The minimum atomic E-state index is -0.00737. The Balaban J connectivity index is 1.60. The number of benzene rings is 1. The number of pyridine rings is 1. The van der Waals surface area contributed by atoms with E-state index >= 15 is 0 Å². The fourth-order valence-electron chi connectivity index (χ4n) is 3.20. The minimum absolute atomic E-state index is 0.00737. The summed E-state index contributed by atoms with van der Waals surface area (Å²) in [7, 11) is 1.69. The van der Waals surface area contributed by atoms with Crippen molar-refractivity contribution in [2.24, 2.45) is 5.92 Å². The summed E-state index contributed by atoms with van der Waals surface area (Å²) < 4.78 is 16.1. The van der Waals surface area contributed by atoms with Gasteiger partial charge in [0.25, 0.3) is 0 Å². The highest BCUT2D eigenvalue weighted by Gasteiger charge is 2.37. The molecule has 1 aliphatic heterocycles. The lowest BCUT2D eigenvalue weighted by atomic mass is 9.81. The van der Waals surface area contributed by atoms with Crippen LogP contribution in [0.15, 0.2) is 42.7 Å². The standard InChI is InChI=1S/C19H20N2O4/c1-23-16-7-14(8-16)19(22)21(11-13-3-2-6-20-10-13)15-4-5-17-18(9-15)25-12-24-17/h2-6,9-10,14,16H,7-8,11-12H2,1H3. The largest absolute Gasteiger partial charge is 0.454 e. The molecule has 0 radical (unpaired) electrons. The van der Waals surface area contributed by atoms with Crippen LogP contribution in [0.25, 0.3) is 0 Å². The third-order valence-electron chi connectivity index (χ3n) is 4.77. The summed E-state index contributed by atoms with van der Waals surface area (Å²) in [6, 6.07) is 9.46. The average Bonchev–Trinajstić information content (AvgIpc) is 3.07. The molecule has 2 heterocycles. The molecule has 25 heavy (non-hydrogen) atoms. The highest BCUT2D eigenvalue weighted by Crippen LogP contribution is 2.38. The molecule has 6 nitrogen and oxygen atoms in total. The van der Waals surface area contributed by atoms with Gasteiger partial charge in [0.1, 0.15) is 0 Å². The molecular weight excluding hydrogens is 320 g/mol. The van der Waals surface area contributed by atoms with Gasteiger partial charge in [-0.05, 0) is 36.6 Å². The van der Waals surface area contributed by atoms with Gasteiger partial charge in [-0.15, -0.1) is 0 Å². The van der Waals surface area contributed by atoms with Crippen LogP contribution in [0.5, 0.6) is 11.5 Å². The van der Waals surface area contributed by atoms with Gasteiger partial charge in [0.15, 0.2) is 11.5 Å². The van der Waals surface area contributed by atoms with E-state index in [9.17, 15) is 4.79 Å². The molecule has 1 aliphatic carbocycles. The zero-order valence-electron chi connectivity index (χ0n) is 14.1. The van der Waals surface area contributed by atoms with E-state index in [4.69, 9.17) is 14.2 Å². The molecule has 1 saturated carbocycles. The monoisotopic (exact) mass is 340 g/mol. The predicted octanol–water partition coefficient (Wildman–Crippen LogP) is 2.77. The van der Waals surface area contributed by atoms with Crippen LogP contribution in [0.4, 0.5) is 5.69 Å². The van der Waals surface area contributed by atoms with Crippen molar-refractivity contribution >= 4 is 11.6 Å². The number of anilines is 1. The number of aromatic nitrogens is 1. The van der Waals surface area contributed by atoms with E-state index in [0.717, 1.165) is 24.1 Å². The van der Waals surface area contributed by atoms with E-state index in [1.807, 2.05) is 30.3 Å². The summed E-state index contributed by atoms with van der Waals surface area (Å²) >= 11 is 0. The van der Waals surface area contributed by atoms with Crippen molar-refractivity contribution in [2.45, 2.75) is 25.5 Å². The summed E-state index contributed by atoms with van der Waals surface area (Å²) in [4.78, 5) is 19.0. The number of amides is 1. The van der Waals surface area contributed by atoms with Crippen LogP contribution >= 0.6 is 0 Å². The van der Waals surface area contributed by atoms with Crippen LogP contribution in [0.1, 0.15) is 18.4 Å². The lowest BCUT2D eigenvalue weighted by molar-refractivity contribution is -0.130. The molecule has 1 fully saturated rings. The van der Waals surface area contributed by atoms with Crippen LogP contribution < -0.4 is 14.4 Å². The summed E-state index contributed by atoms with van der Waals surface area (Å²) in [5.74, 6) is 1.48. The smallest absolute Gasteiger partial charge is 0.231 e. The Morgan fingerprint density at radius 3 is 2.88 bits per heavy atom. The Labute approximate surface area is 146 Å². The molecule has 6 heteroatoms. The van der Waals surface area contributed by atoms with Crippen molar-refractivity contribution in [1.82, 2.24) is 4.98 Å². The Kier molecular flexibility index (Phi) is 4.28. The number of hydrogen-bond donors (Lipinski definition) is 0. The van der Waals surface area contributed by atoms with Gasteiger partial charge in [0, 0.05) is 37.2 Å². The van der Waals surface area contributed by atoms with E-state index in [1.165, 1.54) is 0 Å². The second-order valence-electron chi connectivity index (χ2n) is 6.35. The molecule has 0 N–H and O–H groups in total. The third kappa shape index (κ3) is 3.17. The summed E-state index contributed by atoms with van der Waals surface area (Å²) in [5, 5.41) is 0. The zero-order chi connectivity index (χ0) is 17.2. The number of hydrogen-bond acceptors (Lipinski definition) is 5. The molecule has 1 aromatic carbocycles. The van der Waals surface area contributed by atoms with E-state index in [0.29, 0.717) is 18.0 Å². The summed E-state index contributed by atoms with van der Waals surface area (Å²) in [5.41, 5.74) is 1.79. The average molecular weight is 340 g/mol. The SMILES string of the molecule is COC1CC(C(=O)N(Cc2cccnc2)c2ccc3c(c2)OCO3)C1. The molecule has 0 unspecified atom stereocenters. The number of carbonyl (C=O) groups excluding carboxylic acids is 1. The molecule has 2 aromatic rings. The van der Waals surface area contributed by atoms with Crippen LogP contribution in [0.2, 0.25) is 0 Å². The first-order chi connectivity index (χ1) is 12.2. The number of methoxy groups -OCH3 is 1. The fraction of sp³-hybridized carbons (Fsp3) is 0.368. The molecular formula is C19H20N2O4. The molecule has 1 aromatic heterocycles. The van der Waals surface area contributed by atoms with Gasteiger partial charge in [-0.1, -0.05) is 6.07 Å². The number of carbonyl (C=O) groups is 1. The Morgan fingerprint density at radius 2 is 2.12 bits per heavy atom. The predicted molar refractivity (Wildman–Crippen MR) is 91.5 cm³/mol. The first-order valence-electron chi connectivity index (χ1n) is 8.37. The van der Waals surface area contributed by atoms with Crippen molar-refractivity contribution in [3.05, 3.63) is 48.3 Å². The zero-order valence-corrected chi connectivity index (χ0v) is 14.1. The first-order valence-corrected chi connectivity index (χ1v) is 8.37. The number of rotatable bonds is 5. The maximum atomic E-state index is 13.1. The lowest BCUT2D eigenvalue weighted by Crippen LogP contribution is -2.44. The fourth-order valence-corrected chi connectivity index (χ4v) is 3.20. The van der Waals surface area contributed by atoms with Crippen molar-refractivity contribution in [1.29, 1.82) is 0 Å². The number of nitrogens with zero attached hydrogens (tertiary/aromatic N) is 2. The van der Waals surface area contributed by atoms with Crippen LogP contribution in [-0.2, 0) is 16.1 Å². The third-order valence-corrected chi connectivity index (χ3v) is 4.77. The van der Waals surface area contributed by atoms with Gasteiger partial charge < -0.3 is 19.1 Å². The van der Waals surface area contributed by atoms with Crippen molar-refractivity contribution in [2.75, 3.05) is 18.8 Å². The van der Waals surface area contributed by atoms with Crippen LogP contribution in [0.3, 0.4) is 0 Å². The topological polar surface area (TPSA) is 60.9 Å². The number of fused-ring (bicyclic) bond motifs is 1. The molecule has 0 spiro atoms. The van der Waals surface area contributed by atoms with Gasteiger partial charge in [0.05, 0.1) is 12.6 Å². The van der Waals surface area contributed by atoms with Crippen LogP contribution in [-0.4, -0.2) is 30.9 Å². The van der Waals surface area contributed by atoms with Crippen molar-refractivity contribution < 1.29 is 19.0 Å². The van der Waals surface area contributed by atoms with Crippen LogP contribution in [0, 0.1) is 5.92 Å². The first kappa shape index (κ1) is 15.9. The highest BCUT2D eigenvalue weighted by atomic mass is 16.7. The van der Waals surface area contributed by atoms with Crippen molar-refractivity contribution in [3.8, 4) is 11.5 Å². The molecule has 0 bridgehead atoms. The Hall–Kier alpha value is -2.60.